The third kappa shape index (κ3) is 2.58. The summed E-state index contributed by atoms with van der Waals surface area (Å²) in [4.78, 5) is 36.6. The molecule has 0 radical (unpaired) electrons. The number of likely N-dealkylation sites (tertiary alicyclic amines) is 1. The first-order chi connectivity index (χ1) is 9.97. The minimum atomic E-state index is -0.315. The average Bonchev–Trinajstić information content (AvgIpc) is 3.18. The highest BCUT2D eigenvalue weighted by Crippen LogP contribution is 2.46. The van der Waals surface area contributed by atoms with Gasteiger partial charge in [-0.3, -0.25) is 19.3 Å². The third-order valence-electron chi connectivity index (χ3n) is 3.81. The number of hydrogen-bond acceptors (Lipinski definition) is 4. The summed E-state index contributed by atoms with van der Waals surface area (Å²) >= 11 is 5.84. The second-order valence-corrected chi connectivity index (χ2v) is 5.74. The molecular formula is C14H14ClN3O3. The van der Waals surface area contributed by atoms with Gasteiger partial charge in [-0.05, 0) is 24.6 Å². The minimum Gasteiger partial charge on any atom is -0.397 e. The number of nitrogens with two attached hydrogens (primary N) is 1. The van der Waals surface area contributed by atoms with Crippen LogP contribution in [0.2, 0.25) is 5.02 Å². The average molecular weight is 308 g/mol. The predicted molar refractivity (Wildman–Crippen MR) is 77.4 cm³/mol. The molecule has 0 bridgehead atoms. The van der Waals surface area contributed by atoms with E-state index in [9.17, 15) is 14.4 Å². The Balaban J connectivity index is 1.56. The summed E-state index contributed by atoms with van der Waals surface area (Å²) in [6.07, 6.45) is 0.711. The molecule has 1 saturated carbocycles. The summed E-state index contributed by atoms with van der Waals surface area (Å²) in [7, 11) is 0. The number of amides is 3. The summed E-state index contributed by atoms with van der Waals surface area (Å²) in [5.41, 5.74) is 6.56. The summed E-state index contributed by atoms with van der Waals surface area (Å²) in [5.74, 6) is -0.890. The van der Waals surface area contributed by atoms with Gasteiger partial charge in [-0.1, -0.05) is 11.6 Å². The number of anilines is 2. The van der Waals surface area contributed by atoms with E-state index >= 15 is 0 Å². The van der Waals surface area contributed by atoms with E-state index in [2.05, 4.69) is 5.32 Å². The topological polar surface area (TPSA) is 92.5 Å². The van der Waals surface area contributed by atoms with E-state index in [1.54, 1.807) is 18.2 Å². The molecule has 1 aliphatic heterocycles. The maximum absolute atomic E-state index is 11.9. The Hall–Kier alpha value is -2.08. The van der Waals surface area contributed by atoms with E-state index in [-0.39, 0.29) is 42.5 Å². The van der Waals surface area contributed by atoms with Crippen LogP contribution in [0.25, 0.3) is 0 Å². The number of nitrogen functional groups attached to an aromatic ring is 1. The molecule has 1 heterocycles. The van der Waals surface area contributed by atoms with Crippen LogP contribution in [0.5, 0.6) is 0 Å². The second-order valence-electron chi connectivity index (χ2n) is 5.31. The zero-order valence-electron chi connectivity index (χ0n) is 11.1. The van der Waals surface area contributed by atoms with Gasteiger partial charge in [-0.15, -0.1) is 0 Å². The normalized spacial score (nSPS) is 23.2. The summed E-state index contributed by atoms with van der Waals surface area (Å²) in [6, 6.07) is 4.77. The first-order valence-corrected chi connectivity index (χ1v) is 7.05. The molecule has 2 atom stereocenters. The molecule has 7 heteroatoms. The summed E-state index contributed by atoms with van der Waals surface area (Å²) < 4.78 is 0. The van der Waals surface area contributed by atoms with Crippen LogP contribution in [0.1, 0.15) is 12.8 Å². The highest BCUT2D eigenvalue weighted by atomic mass is 35.5. The fraction of sp³-hybridized carbons (Fsp3) is 0.357. The van der Waals surface area contributed by atoms with Crippen molar-refractivity contribution in [3.63, 3.8) is 0 Å². The fourth-order valence-electron chi connectivity index (χ4n) is 2.53. The zero-order valence-corrected chi connectivity index (χ0v) is 11.9. The van der Waals surface area contributed by atoms with Crippen LogP contribution in [-0.4, -0.2) is 29.2 Å². The quantitative estimate of drug-likeness (QED) is 0.647. The number of benzene rings is 1. The Kier molecular flexibility index (Phi) is 3.33. The Bertz CT molecular complexity index is 626. The second kappa shape index (κ2) is 5.04. The van der Waals surface area contributed by atoms with Crippen molar-refractivity contribution in [1.29, 1.82) is 0 Å². The van der Waals surface area contributed by atoms with Crippen LogP contribution in [0, 0.1) is 11.8 Å². The molecule has 1 saturated heterocycles. The lowest BCUT2D eigenvalue weighted by atomic mass is 10.2. The number of halogens is 1. The number of fused-ring (bicyclic) bond motifs is 1. The lowest BCUT2D eigenvalue weighted by molar-refractivity contribution is -0.141. The molecule has 2 unspecified atom stereocenters. The zero-order chi connectivity index (χ0) is 15.1. The molecule has 1 aliphatic carbocycles. The van der Waals surface area contributed by atoms with Crippen molar-refractivity contribution in [2.75, 3.05) is 17.6 Å². The molecule has 110 valence electrons. The molecule has 2 aliphatic rings. The number of rotatable bonds is 4. The van der Waals surface area contributed by atoms with Gasteiger partial charge in [-0.2, -0.15) is 0 Å². The molecule has 3 N–H and O–H groups in total. The van der Waals surface area contributed by atoms with Crippen LogP contribution < -0.4 is 11.1 Å². The smallest absolute Gasteiger partial charge is 0.233 e. The van der Waals surface area contributed by atoms with E-state index in [4.69, 9.17) is 17.3 Å². The molecule has 3 amide bonds. The third-order valence-corrected chi connectivity index (χ3v) is 4.04. The molecule has 2 fully saturated rings. The molecule has 0 aromatic heterocycles. The van der Waals surface area contributed by atoms with Crippen molar-refractivity contribution in [2.24, 2.45) is 11.8 Å². The number of piperidine rings is 1. The van der Waals surface area contributed by atoms with Gasteiger partial charge in [0.2, 0.25) is 17.7 Å². The van der Waals surface area contributed by atoms with Gasteiger partial charge in [0.15, 0.2) is 0 Å². The van der Waals surface area contributed by atoms with Gasteiger partial charge in [0.25, 0.3) is 0 Å². The Morgan fingerprint density at radius 2 is 2.00 bits per heavy atom. The van der Waals surface area contributed by atoms with Crippen molar-refractivity contribution >= 4 is 40.7 Å². The lowest BCUT2D eigenvalue weighted by Gasteiger charge is -2.16. The number of hydrogen-bond donors (Lipinski definition) is 2. The van der Waals surface area contributed by atoms with Crippen LogP contribution >= 0.6 is 11.6 Å². The van der Waals surface area contributed by atoms with Gasteiger partial charge in [0, 0.05) is 18.0 Å². The SMILES string of the molecule is Nc1ccc(Cl)cc1NC(=O)CCN1C(=O)C2CC2C1=O. The van der Waals surface area contributed by atoms with Crippen molar-refractivity contribution in [3.8, 4) is 0 Å². The van der Waals surface area contributed by atoms with Gasteiger partial charge >= 0.3 is 0 Å². The number of nitrogens with one attached hydrogen (secondary N) is 1. The molecule has 21 heavy (non-hydrogen) atoms. The minimum absolute atomic E-state index is 0.0445. The Labute approximate surface area is 126 Å². The van der Waals surface area contributed by atoms with Gasteiger partial charge in [0.05, 0.1) is 23.2 Å². The van der Waals surface area contributed by atoms with Crippen molar-refractivity contribution < 1.29 is 14.4 Å². The van der Waals surface area contributed by atoms with Crippen LogP contribution in [-0.2, 0) is 14.4 Å². The van der Waals surface area contributed by atoms with E-state index in [1.807, 2.05) is 0 Å². The molecule has 1 aromatic carbocycles. The van der Waals surface area contributed by atoms with Gasteiger partial charge in [0.1, 0.15) is 0 Å². The lowest BCUT2D eigenvalue weighted by Crippen LogP contribution is -2.35. The van der Waals surface area contributed by atoms with E-state index in [0.717, 1.165) is 0 Å². The maximum Gasteiger partial charge on any atom is 0.233 e. The maximum atomic E-state index is 11.9. The van der Waals surface area contributed by atoms with E-state index in [0.29, 0.717) is 22.8 Å². The molecular weight excluding hydrogens is 294 g/mol. The standard InChI is InChI=1S/C14H14ClN3O3/c15-7-1-2-10(16)11(5-7)17-12(19)3-4-18-13(20)8-6-9(8)14(18)21/h1-2,5,8-9H,3-4,6,16H2,(H,17,19). The monoisotopic (exact) mass is 307 g/mol. The van der Waals surface area contributed by atoms with Crippen LogP contribution in [0.15, 0.2) is 18.2 Å². The number of imide groups is 1. The number of carbonyl (C=O) groups is 3. The number of carbonyl (C=O) groups excluding carboxylic acids is 3. The number of nitrogens with zero attached hydrogens (tertiary/aromatic N) is 1. The van der Waals surface area contributed by atoms with E-state index < -0.39 is 0 Å². The summed E-state index contributed by atoms with van der Waals surface area (Å²) in [5, 5.41) is 3.09. The highest BCUT2D eigenvalue weighted by molar-refractivity contribution is 6.31. The van der Waals surface area contributed by atoms with Crippen molar-refractivity contribution in [1.82, 2.24) is 4.90 Å². The Morgan fingerprint density at radius 1 is 1.33 bits per heavy atom. The first-order valence-electron chi connectivity index (χ1n) is 6.67. The largest absolute Gasteiger partial charge is 0.397 e. The molecule has 3 rings (SSSR count). The van der Waals surface area contributed by atoms with E-state index in [1.165, 1.54) is 4.90 Å². The Morgan fingerprint density at radius 3 is 2.67 bits per heavy atom. The van der Waals surface area contributed by atoms with Crippen LogP contribution in [0.4, 0.5) is 11.4 Å². The van der Waals surface area contributed by atoms with Crippen molar-refractivity contribution in [2.45, 2.75) is 12.8 Å². The van der Waals surface area contributed by atoms with Gasteiger partial charge < -0.3 is 11.1 Å². The fourth-order valence-corrected chi connectivity index (χ4v) is 2.71. The van der Waals surface area contributed by atoms with Crippen molar-refractivity contribution in [3.05, 3.63) is 23.2 Å². The van der Waals surface area contributed by atoms with Gasteiger partial charge in [-0.25, -0.2) is 0 Å². The molecule has 0 spiro atoms. The molecule has 6 nitrogen and oxygen atoms in total. The molecule has 1 aromatic rings. The summed E-state index contributed by atoms with van der Waals surface area (Å²) in [6.45, 7) is 0.108. The highest BCUT2D eigenvalue weighted by Gasteiger charge is 2.58. The predicted octanol–water partition coefficient (Wildman–Crippen LogP) is 1.26. The first kappa shape index (κ1) is 13.9. The van der Waals surface area contributed by atoms with Crippen LogP contribution in [0.3, 0.4) is 0 Å².